The first-order valence-electron chi connectivity index (χ1n) is 7.57. The lowest BCUT2D eigenvalue weighted by atomic mass is 9.98. The van der Waals surface area contributed by atoms with Gasteiger partial charge in [-0.3, -0.25) is 9.59 Å². The van der Waals surface area contributed by atoms with E-state index in [1.54, 1.807) is 0 Å². The fraction of sp³-hybridized carbons (Fsp3) is 0.333. The normalized spacial score (nSPS) is 13.5. The van der Waals surface area contributed by atoms with Crippen molar-refractivity contribution >= 4 is 22.6 Å². The summed E-state index contributed by atoms with van der Waals surface area (Å²) in [5, 5.41) is 4.99. The van der Waals surface area contributed by atoms with E-state index in [9.17, 15) is 9.59 Å². The van der Waals surface area contributed by atoms with E-state index >= 15 is 0 Å². The second-order valence-corrected chi connectivity index (χ2v) is 5.69. The molecule has 22 heavy (non-hydrogen) atoms. The van der Waals surface area contributed by atoms with E-state index in [1.807, 2.05) is 56.3 Å². The van der Waals surface area contributed by atoms with Gasteiger partial charge in [0.2, 0.25) is 11.8 Å². The first kappa shape index (κ1) is 16.0. The Hall–Kier alpha value is -2.36. The number of nitrogens with one attached hydrogen (secondary N) is 1. The van der Waals surface area contributed by atoms with E-state index in [1.165, 1.54) is 0 Å². The van der Waals surface area contributed by atoms with Crippen molar-refractivity contribution < 1.29 is 9.59 Å². The minimum absolute atomic E-state index is 0.0260. The van der Waals surface area contributed by atoms with Crippen molar-refractivity contribution in [3.05, 3.63) is 48.0 Å². The molecule has 4 heteroatoms. The van der Waals surface area contributed by atoms with E-state index in [0.717, 1.165) is 22.8 Å². The molecule has 0 aliphatic carbocycles. The van der Waals surface area contributed by atoms with Gasteiger partial charge in [0.25, 0.3) is 0 Å². The van der Waals surface area contributed by atoms with Crippen LogP contribution in [0.15, 0.2) is 42.5 Å². The van der Waals surface area contributed by atoms with Crippen LogP contribution in [-0.4, -0.2) is 17.9 Å². The molecule has 0 fully saturated rings. The van der Waals surface area contributed by atoms with Crippen LogP contribution >= 0.6 is 0 Å². The van der Waals surface area contributed by atoms with Crippen molar-refractivity contribution in [1.82, 2.24) is 5.32 Å². The largest absolute Gasteiger partial charge is 0.368 e. The summed E-state index contributed by atoms with van der Waals surface area (Å²) < 4.78 is 0. The highest BCUT2D eigenvalue weighted by Gasteiger charge is 2.23. The monoisotopic (exact) mass is 298 g/mol. The van der Waals surface area contributed by atoms with Crippen molar-refractivity contribution in [3.63, 3.8) is 0 Å². The third-order valence-corrected chi connectivity index (χ3v) is 4.01. The van der Waals surface area contributed by atoms with E-state index in [-0.39, 0.29) is 18.2 Å². The van der Waals surface area contributed by atoms with Crippen LogP contribution in [0.2, 0.25) is 0 Å². The standard InChI is InChI=1S/C18H22N2O2/c1-3-12(2)17(18(19)22)20-16(21)11-13-8-9-14-6-4-5-7-15(14)10-13/h4-10,12,17H,3,11H2,1-2H3,(H2,19,22)(H,20,21)/t12-,17-/m1/s1. The van der Waals surface area contributed by atoms with Crippen molar-refractivity contribution in [3.8, 4) is 0 Å². The Morgan fingerprint density at radius 1 is 1.14 bits per heavy atom. The van der Waals surface area contributed by atoms with Crippen molar-refractivity contribution in [2.75, 3.05) is 0 Å². The molecule has 0 aliphatic rings. The number of hydrogen-bond acceptors (Lipinski definition) is 2. The number of amides is 2. The molecule has 0 saturated carbocycles. The van der Waals surface area contributed by atoms with Gasteiger partial charge in [0.15, 0.2) is 0 Å². The van der Waals surface area contributed by atoms with Gasteiger partial charge in [-0.05, 0) is 22.3 Å². The van der Waals surface area contributed by atoms with E-state index in [0.29, 0.717) is 0 Å². The highest BCUT2D eigenvalue weighted by Crippen LogP contribution is 2.16. The molecule has 0 aliphatic heterocycles. The Morgan fingerprint density at radius 3 is 2.45 bits per heavy atom. The smallest absolute Gasteiger partial charge is 0.240 e. The van der Waals surface area contributed by atoms with Crippen LogP contribution in [0.4, 0.5) is 0 Å². The number of hydrogen-bond donors (Lipinski definition) is 2. The number of carbonyl (C=O) groups excluding carboxylic acids is 2. The minimum atomic E-state index is -0.613. The van der Waals surface area contributed by atoms with Crippen LogP contribution < -0.4 is 11.1 Å². The van der Waals surface area contributed by atoms with Gasteiger partial charge in [-0.1, -0.05) is 62.7 Å². The number of rotatable bonds is 6. The number of benzene rings is 2. The number of primary amides is 1. The molecular weight excluding hydrogens is 276 g/mol. The lowest BCUT2D eigenvalue weighted by Crippen LogP contribution is -2.48. The zero-order valence-electron chi connectivity index (χ0n) is 13.0. The summed E-state index contributed by atoms with van der Waals surface area (Å²) in [5.74, 6) is -0.640. The van der Waals surface area contributed by atoms with Gasteiger partial charge in [-0.2, -0.15) is 0 Å². The second kappa shape index (κ2) is 7.07. The predicted octanol–water partition coefficient (Wildman–Crippen LogP) is 2.40. The summed E-state index contributed by atoms with van der Waals surface area (Å²) in [6.07, 6.45) is 1.02. The van der Waals surface area contributed by atoms with Crippen molar-refractivity contribution in [2.45, 2.75) is 32.7 Å². The van der Waals surface area contributed by atoms with E-state index in [4.69, 9.17) is 5.73 Å². The van der Waals surface area contributed by atoms with Crippen LogP contribution in [0.5, 0.6) is 0 Å². The fourth-order valence-electron chi connectivity index (χ4n) is 2.49. The van der Waals surface area contributed by atoms with Gasteiger partial charge >= 0.3 is 0 Å². The summed E-state index contributed by atoms with van der Waals surface area (Å²) in [6, 6.07) is 13.3. The maximum Gasteiger partial charge on any atom is 0.240 e. The van der Waals surface area contributed by atoms with Crippen LogP contribution in [0, 0.1) is 5.92 Å². The molecule has 0 spiro atoms. The van der Waals surface area contributed by atoms with Crippen LogP contribution in [0.1, 0.15) is 25.8 Å². The SMILES string of the molecule is CC[C@@H](C)[C@@H](NC(=O)Cc1ccc2ccccc2c1)C(N)=O. The molecule has 2 atom stereocenters. The Labute approximate surface area is 130 Å². The van der Waals surface area contributed by atoms with Crippen molar-refractivity contribution in [2.24, 2.45) is 11.7 Å². The third-order valence-electron chi connectivity index (χ3n) is 4.01. The molecule has 2 aromatic rings. The van der Waals surface area contributed by atoms with Gasteiger partial charge in [-0.15, -0.1) is 0 Å². The molecule has 0 bridgehead atoms. The molecule has 4 nitrogen and oxygen atoms in total. The second-order valence-electron chi connectivity index (χ2n) is 5.69. The third kappa shape index (κ3) is 3.85. The first-order valence-corrected chi connectivity index (χ1v) is 7.57. The highest BCUT2D eigenvalue weighted by molar-refractivity contribution is 5.89. The quantitative estimate of drug-likeness (QED) is 0.859. The van der Waals surface area contributed by atoms with Gasteiger partial charge < -0.3 is 11.1 Å². The van der Waals surface area contributed by atoms with E-state index in [2.05, 4.69) is 5.32 Å². The topological polar surface area (TPSA) is 72.2 Å². The molecule has 2 amide bonds. The summed E-state index contributed by atoms with van der Waals surface area (Å²) in [7, 11) is 0. The first-order chi connectivity index (χ1) is 10.5. The average molecular weight is 298 g/mol. The molecule has 0 heterocycles. The number of carbonyl (C=O) groups is 2. The van der Waals surface area contributed by atoms with Gasteiger partial charge in [-0.25, -0.2) is 0 Å². The molecule has 3 N–H and O–H groups in total. The summed E-state index contributed by atoms with van der Waals surface area (Å²) >= 11 is 0. The lowest BCUT2D eigenvalue weighted by Gasteiger charge is -2.21. The van der Waals surface area contributed by atoms with Crippen LogP contribution in [-0.2, 0) is 16.0 Å². The number of fused-ring (bicyclic) bond motifs is 1. The summed E-state index contributed by atoms with van der Waals surface area (Å²) in [4.78, 5) is 23.6. The summed E-state index contributed by atoms with van der Waals surface area (Å²) in [5.41, 5.74) is 6.30. The Kier molecular flexibility index (Phi) is 5.15. The molecule has 2 rings (SSSR count). The zero-order valence-corrected chi connectivity index (χ0v) is 13.0. The molecule has 0 radical (unpaired) electrons. The molecule has 116 valence electrons. The predicted molar refractivity (Wildman–Crippen MR) is 88.2 cm³/mol. The maximum atomic E-state index is 12.2. The highest BCUT2D eigenvalue weighted by atomic mass is 16.2. The van der Waals surface area contributed by atoms with Gasteiger partial charge in [0.05, 0.1) is 6.42 Å². The average Bonchev–Trinajstić information content (AvgIpc) is 2.51. The van der Waals surface area contributed by atoms with E-state index < -0.39 is 11.9 Å². The van der Waals surface area contributed by atoms with Gasteiger partial charge in [0.1, 0.15) is 6.04 Å². The molecular formula is C18H22N2O2. The lowest BCUT2D eigenvalue weighted by molar-refractivity contribution is -0.128. The van der Waals surface area contributed by atoms with Crippen molar-refractivity contribution in [1.29, 1.82) is 0 Å². The fourth-order valence-corrected chi connectivity index (χ4v) is 2.49. The van der Waals surface area contributed by atoms with Crippen LogP contribution in [0.25, 0.3) is 10.8 Å². The Balaban J connectivity index is 2.08. The van der Waals surface area contributed by atoms with Gasteiger partial charge in [0, 0.05) is 0 Å². The number of nitrogens with two attached hydrogens (primary N) is 1. The molecule has 2 aromatic carbocycles. The van der Waals surface area contributed by atoms with Crippen LogP contribution in [0.3, 0.4) is 0 Å². The Morgan fingerprint density at radius 2 is 1.82 bits per heavy atom. The maximum absolute atomic E-state index is 12.2. The molecule has 0 aromatic heterocycles. The molecule has 0 unspecified atom stereocenters. The minimum Gasteiger partial charge on any atom is -0.368 e. The molecule has 0 saturated heterocycles. The Bertz CT molecular complexity index is 682. The zero-order chi connectivity index (χ0) is 16.1. The summed E-state index contributed by atoms with van der Waals surface area (Å²) in [6.45, 7) is 3.88.